The number of aromatic nitrogens is 4. The SMILES string of the molecule is Cn1c(NC2CCc3[nH]ncc3C2)c(C#N)c(=O)n(C)c1=O. The van der Waals surface area contributed by atoms with E-state index in [9.17, 15) is 14.9 Å². The van der Waals surface area contributed by atoms with Crippen molar-refractivity contribution in [1.29, 1.82) is 5.26 Å². The van der Waals surface area contributed by atoms with E-state index in [0.717, 1.165) is 35.1 Å². The molecule has 0 fully saturated rings. The van der Waals surface area contributed by atoms with Gasteiger partial charge in [-0.3, -0.25) is 19.0 Å². The molecule has 2 aromatic heterocycles. The molecule has 8 heteroatoms. The molecule has 1 atom stereocenters. The zero-order chi connectivity index (χ0) is 15.9. The lowest BCUT2D eigenvalue weighted by atomic mass is 9.93. The quantitative estimate of drug-likeness (QED) is 0.788. The minimum absolute atomic E-state index is 0.0393. The minimum Gasteiger partial charge on any atom is -0.367 e. The molecule has 0 spiro atoms. The number of aromatic amines is 1. The molecule has 0 bridgehead atoms. The van der Waals surface area contributed by atoms with Crippen molar-refractivity contribution < 1.29 is 0 Å². The van der Waals surface area contributed by atoms with Crippen LogP contribution in [-0.2, 0) is 26.9 Å². The Hall–Kier alpha value is -2.82. The van der Waals surface area contributed by atoms with Crippen molar-refractivity contribution in [1.82, 2.24) is 19.3 Å². The third kappa shape index (κ3) is 2.11. The number of nitrogens with one attached hydrogen (secondary N) is 2. The molecular weight excluding hydrogens is 284 g/mol. The maximum atomic E-state index is 12.1. The van der Waals surface area contributed by atoms with Crippen LogP contribution in [0.3, 0.4) is 0 Å². The van der Waals surface area contributed by atoms with Crippen molar-refractivity contribution in [2.75, 3.05) is 5.32 Å². The highest BCUT2D eigenvalue weighted by atomic mass is 16.2. The first-order valence-electron chi connectivity index (χ1n) is 7.00. The molecule has 2 aromatic rings. The van der Waals surface area contributed by atoms with Gasteiger partial charge < -0.3 is 5.32 Å². The predicted molar refractivity (Wildman–Crippen MR) is 79.7 cm³/mol. The van der Waals surface area contributed by atoms with E-state index in [2.05, 4.69) is 15.5 Å². The minimum atomic E-state index is -0.576. The lowest BCUT2D eigenvalue weighted by Crippen LogP contribution is -2.41. The smallest absolute Gasteiger partial charge is 0.332 e. The predicted octanol–water partition coefficient (Wildman–Crippen LogP) is -0.352. The monoisotopic (exact) mass is 300 g/mol. The van der Waals surface area contributed by atoms with Crippen LogP contribution in [0.15, 0.2) is 15.8 Å². The maximum Gasteiger partial charge on any atom is 0.332 e. The van der Waals surface area contributed by atoms with Crippen molar-refractivity contribution in [2.24, 2.45) is 14.1 Å². The number of rotatable bonds is 2. The van der Waals surface area contributed by atoms with Crippen LogP contribution in [0.5, 0.6) is 0 Å². The molecule has 2 N–H and O–H groups in total. The average molecular weight is 300 g/mol. The van der Waals surface area contributed by atoms with Gasteiger partial charge in [0, 0.05) is 25.8 Å². The van der Waals surface area contributed by atoms with Crippen molar-refractivity contribution in [3.05, 3.63) is 43.9 Å². The Kier molecular flexibility index (Phi) is 3.33. The summed E-state index contributed by atoms with van der Waals surface area (Å²) in [7, 11) is 2.92. The number of nitriles is 1. The van der Waals surface area contributed by atoms with Gasteiger partial charge in [0.2, 0.25) is 0 Å². The van der Waals surface area contributed by atoms with Gasteiger partial charge in [0.25, 0.3) is 5.56 Å². The summed E-state index contributed by atoms with van der Waals surface area (Å²) in [5, 5.41) is 19.4. The van der Waals surface area contributed by atoms with Gasteiger partial charge in [-0.2, -0.15) is 10.4 Å². The molecule has 8 nitrogen and oxygen atoms in total. The summed E-state index contributed by atoms with van der Waals surface area (Å²) in [5.41, 5.74) is 1.18. The molecule has 114 valence electrons. The molecule has 1 aliphatic rings. The van der Waals surface area contributed by atoms with Crippen LogP contribution in [-0.4, -0.2) is 25.4 Å². The van der Waals surface area contributed by atoms with Gasteiger partial charge in [-0.1, -0.05) is 0 Å². The first-order valence-corrected chi connectivity index (χ1v) is 7.00. The molecule has 3 rings (SSSR count). The Morgan fingerprint density at radius 2 is 2.18 bits per heavy atom. The normalized spacial score (nSPS) is 16.9. The van der Waals surface area contributed by atoms with Gasteiger partial charge in [0.15, 0.2) is 5.56 Å². The molecule has 1 unspecified atom stereocenters. The molecule has 0 saturated heterocycles. The van der Waals surface area contributed by atoms with Crippen LogP contribution in [0.2, 0.25) is 0 Å². The third-order valence-corrected chi connectivity index (χ3v) is 4.13. The van der Waals surface area contributed by atoms with E-state index in [0.29, 0.717) is 0 Å². The fourth-order valence-electron chi connectivity index (χ4n) is 2.85. The van der Waals surface area contributed by atoms with E-state index in [1.54, 1.807) is 13.2 Å². The molecule has 0 amide bonds. The van der Waals surface area contributed by atoms with E-state index < -0.39 is 11.2 Å². The summed E-state index contributed by atoms with van der Waals surface area (Å²) >= 11 is 0. The zero-order valence-corrected chi connectivity index (χ0v) is 12.4. The highest BCUT2D eigenvalue weighted by Crippen LogP contribution is 2.22. The van der Waals surface area contributed by atoms with E-state index in [1.807, 2.05) is 6.07 Å². The Balaban J connectivity index is 1.99. The molecule has 2 heterocycles. The van der Waals surface area contributed by atoms with Crippen LogP contribution < -0.4 is 16.6 Å². The lowest BCUT2D eigenvalue weighted by molar-refractivity contribution is 0.590. The first-order chi connectivity index (χ1) is 10.5. The van der Waals surface area contributed by atoms with E-state index in [4.69, 9.17) is 0 Å². The van der Waals surface area contributed by atoms with Gasteiger partial charge in [0.1, 0.15) is 11.9 Å². The zero-order valence-electron chi connectivity index (χ0n) is 12.4. The van der Waals surface area contributed by atoms with Gasteiger partial charge in [-0.15, -0.1) is 0 Å². The summed E-state index contributed by atoms with van der Waals surface area (Å²) in [5.74, 6) is 0.285. The number of anilines is 1. The van der Waals surface area contributed by atoms with Crippen LogP contribution in [0, 0.1) is 11.3 Å². The van der Waals surface area contributed by atoms with Gasteiger partial charge in [0.05, 0.1) is 6.20 Å². The standard InChI is InChI=1S/C14H16N6O2/c1-19-12(10(6-15)13(21)20(2)14(19)22)17-9-3-4-11-8(5-9)7-16-18-11/h7,9,17H,3-5H2,1-2H3,(H,16,18). The highest BCUT2D eigenvalue weighted by molar-refractivity contribution is 5.52. The van der Waals surface area contributed by atoms with Crippen LogP contribution in [0.1, 0.15) is 23.2 Å². The molecule has 0 aliphatic heterocycles. The van der Waals surface area contributed by atoms with Crippen molar-refractivity contribution in [2.45, 2.75) is 25.3 Å². The Morgan fingerprint density at radius 1 is 1.41 bits per heavy atom. The number of fused-ring (bicyclic) bond motifs is 1. The number of aryl methyl sites for hydroxylation is 1. The molecule has 0 aromatic carbocycles. The summed E-state index contributed by atoms with van der Waals surface area (Å²) in [6, 6.07) is 1.95. The fourth-order valence-corrected chi connectivity index (χ4v) is 2.85. The van der Waals surface area contributed by atoms with Crippen molar-refractivity contribution >= 4 is 5.82 Å². The van der Waals surface area contributed by atoms with Crippen molar-refractivity contribution in [3.63, 3.8) is 0 Å². The Labute approximate surface area is 126 Å². The fraction of sp³-hybridized carbons (Fsp3) is 0.429. The van der Waals surface area contributed by atoms with Crippen molar-refractivity contribution in [3.8, 4) is 6.07 Å². The number of hydrogen-bond acceptors (Lipinski definition) is 5. The largest absolute Gasteiger partial charge is 0.367 e. The molecule has 22 heavy (non-hydrogen) atoms. The molecule has 0 radical (unpaired) electrons. The summed E-state index contributed by atoms with van der Waals surface area (Å²) < 4.78 is 2.25. The number of H-pyrrole nitrogens is 1. The number of hydrogen-bond donors (Lipinski definition) is 2. The van der Waals surface area contributed by atoms with Gasteiger partial charge in [-0.25, -0.2) is 4.79 Å². The first kappa shape index (κ1) is 14.1. The van der Waals surface area contributed by atoms with Gasteiger partial charge in [-0.05, 0) is 24.8 Å². The molecule has 0 saturated carbocycles. The van der Waals surface area contributed by atoms with Crippen LogP contribution >= 0.6 is 0 Å². The second-order valence-electron chi connectivity index (χ2n) is 5.50. The lowest BCUT2D eigenvalue weighted by Gasteiger charge is -2.25. The second kappa shape index (κ2) is 5.18. The average Bonchev–Trinajstić information content (AvgIpc) is 2.98. The molecule has 1 aliphatic carbocycles. The Morgan fingerprint density at radius 3 is 2.91 bits per heavy atom. The Bertz CT molecular complexity index is 882. The van der Waals surface area contributed by atoms with E-state index >= 15 is 0 Å². The summed E-state index contributed by atoms with van der Waals surface area (Å²) in [4.78, 5) is 24.1. The third-order valence-electron chi connectivity index (χ3n) is 4.13. The number of nitrogens with zero attached hydrogens (tertiary/aromatic N) is 4. The summed E-state index contributed by atoms with van der Waals surface area (Å²) in [6.45, 7) is 0. The van der Waals surface area contributed by atoms with Crippen LogP contribution in [0.25, 0.3) is 0 Å². The van der Waals surface area contributed by atoms with E-state index in [-0.39, 0.29) is 17.4 Å². The summed E-state index contributed by atoms with van der Waals surface area (Å²) in [6.07, 6.45) is 4.20. The topological polar surface area (TPSA) is 108 Å². The van der Waals surface area contributed by atoms with Gasteiger partial charge >= 0.3 is 5.69 Å². The highest BCUT2D eigenvalue weighted by Gasteiger charge is 2.23. The maximum absolute atomic E-state index is 12.1. The second-order valence-corrected chi connectivity index (χ2v) is 5.50. The molecular formula is C14H16N6O2. The van der Waals surface area contributed by atoms with E-state index in [1.165, 1.54) is 11.6 Å². The van der Waals surface area contributed by atoms with Crippen LogP contribution in [0.4, 0.5) is 5.82 Å².